The molecular formula is C14H16N4O. The molecule has 1 aromatic heterocycles. The zero-order chi connectivity index (χ0) is 14.0. The van der Waals surface area contributed by atoms with Crippen molar-refractivity contribution in [3.8, 4) is 6.07 Å². The lowest BCUT2D eigenvalue weighted by Crippen LogP contribution is -2.30. The summed E-state index contributed by atoms with van der Waals surface area (Å²) >= 11 is 0. The standard InChI is InChI=1S/C14H16N4O/c1-9(7-15)8-18(2)14(19)13-6-10-5-11(16)3-4-12(10)17-13/h3-6,9,17H,8,16H2,1-2H3. The second kappa shape index (κ2) is 5.02. The molecule has 1 unspecified atom stereocenters. The van der Waals surface area contributed by atoms with Crippen molar-refractivity contribution in [1.29, 1.82) is 5.26 Å². The number of aromatic amines is 1. The molecule has 0 radical (unpaired) electrons. The molecule has 0 spiro atoms. The second-order valence-corrected chi connectivity index (χ2v) is 4.75. The number of benzene rings is 1. The number of carbonyl (C=O) groups is 1. The van der Waals surface area contributed by atoms with Gasteiger partial charge in [-0.25, -0.2) is 0 Å². The lowest BCUT2D eigenvalue weighted by Gasteiger charge is -2.17. The number of nitrogens with one attached hydrogen (secondary N) is 1. The maximum Gasteiger partial charge on any atom is 0.270 e. The molecule has 5 nitrogen and oxygen atoms in total. The van der Waals surface area contributed by atoms with Gasteiger partial charge in [0.1, 0.15) is 5.69 Å². The Morgan fingerprint density at radius 1 is 1.53 bits per heavy atom. The van der Waals surface area contributed by atoms with Crippen molar-refractivity contribution in [2.45, 2.75) is 6.92 Å². The zero-order valence-electron chi connectivity index (χ0n) is 11.0. The van der Waals surface area contributed by atoms with Crippen molar-refractivity contribution in [3.63, 3.8) is 0 Å². The first-order valence-corrected chi connectivity index (χ1v) is 6.04. The molecule has 1 heterocycles. The average molecular weight is 256 g/mol. The highest BCUT2D eigenvalue weighted by Crippen LogP contribution is 2.19. The van der Waals surface area contributed by atoms with Crippen LogP contribution in [0, 0.1) is 17.2 Å². The molecule has 2 aromatic rings. The summed E-state index contributed by atoms with van der Waals surface area (Å²) in [4.78, 5) is 16.8. The fourth-order valence-electron chi connectivity index (χ4n) is 2.01. The monoisotopic (exact) mass is 256 g/mol. The van der Waals surface area contributed by atoms with Crippen LogP contribution < -0.4 is 5.73 Å². The average Bonchev–Trinajstić information content (AvgIpc) is 2.80. The van der Waals surface area contributed by atoms with Gasteiger partial charge in [0.15, 0.2) is 0 Å². The van der Waals surface area contributed by atoms with Gasteiger partial charge < -0.3 is 15.6 Å². The third-order valence-electron chi connectivity index (χ3n) is 2.99. The van der Waals surface area contributed by atoms with Gasteiger partial charge in [0.2, 0.25) is 0 Å². The van der Waals surface area contributed by atoms with Crippen molar-refractivity contribution >= 4 is 22.5 Å². The molecule has 0 saturated heterocycles. The van der Waals surface area contributed by atoms with Gasteiger partial charge in [-0.2, -0.15) is 5.26 Å². The van der Waals surface area contributed by atoms with Gasteiger partial charge in [0.05, 0.1) is 12.0 Å². The molecular weight excluding hydrogens is 240 g/mol. The van der Waals surface area contributed by atoms with Gasteiger partial charge in [-0.05, 0) is 31.2 Å². The maximum absolute atomic E-state index is 12.2. The minimum Gasteiger partial charge on any atom is -0.399 e. The van der Waals surface area contributed by atoms with E-state index in [1.54, 1.807) is 31.0 Å². The highest BCUT2D eigenvalue weighted by Gasteiger charge is 2.16. The topological polar surface area (TPSA) is 85.9 Å². The largest absolute Gasteiger partial charge is 0.399 e. The number of rotatable bonds is 3. The molecule has 2 rings (SSSR count). The summed E-state index contributed by atoms with van der Waals surface area (Å²) < 4.78 is 0. The van der Waals surface area contributed by atoms with Crippen LogP contribution in [-0.4, -0.2) is 29.4 Å². The van der Waals surface area contributed by atoms with Gasteiger partial charge in [0, 0.05) is 30.2 Å². The van der Waals surface area contributed by atoms with Gasteiger partial charge in [-0.15, -0.1) is 0 Å². The molecule has 0 aliphatic heterocycles. The number of nitriles is 1. The number of amides is 1. The Morgan fingerprint density at radius 3 is 2.95 bits per heavy atom. The molecule has 1 aromatic carbocycles. The van der Waals surface area contributed by atoms with E-state index in [4.69, 9.17) is 11.0 Å². The molecule has 3 N–H and O–H groups in total. The molecule has 0 saturated carbocycles. The van der Waals surface area contributed by atoms with Crippen molar-refractivity contribution in [1.82, 2.24) is 9.88 Å². The summed E-state index contributed by atoms with van der Waals surface area (Å²) in [6.07, 6.45) is 0. The first-order valence-electron chi connectivity index (χ1n) is 6.04. The third kappa shape index (κ3) is 2.68. The summed E-state index contributed by atoms with van der Waals surface area (Å²) in [6.45, 7) is 2.20. The second-order valence-electron chi connectivity index (χ2n) is 4.75. The van der Waals surface area contributed by atoms with E-state index in [1.165, 1.54) is 0 Å². The van der Waals surface area contributed by atoms with E-state index in [-0.39, 0.29) is 11.8 Å². The van der Waals surface area contributed by atoms with Crippen LogP contribution in [0.5, 0.6) is 0 Å². The SMILES string of the molecule is CC(C#N)CN(C)C(=O)c1cc2cc(N)ccc2[nH]1. The van der Waals surface area contributed by atoms with E-state index in [2.05, 4.69) is 11.1 Å². The summed E-state index contributed by atoms with van der Waals surface area (Å²) in [5, 5.41) is 9.68. The molecule has 0 aliphatic rings. The van der Waals surface area contributed by atoms with Crippen molar-refractivity contribution in [3.05, 3.63) is 30.0 Å². The zero-order valence-corrected chi connectivity index (χ0v) is 11.0. The Balaban J connectivity index is 2.24. The van der Waals surface area contributed by atoms with E-state index in [0.717, 1.165) is 10.9 Å². The van der Waals surface area contributed by atoms with Crippen molar-refractivity contribution in [2.75, 3.05) is 19.3 Å². The van der Waals surface area contributed by atoms with E-state index in [1.807, 2.05) is 12.1 Å². The first-order chi connectivity index (χ1) is 9.01. The molecule has 19 heavy (non-hydrogen) atoms. The van der Waals surface area contributed by atoms with E-state index in [9.17, 15) is 4.79 Å². The Kier molecular flexibility index (Phi) is 3.43. The number of hydrogen-bond acceptors (Lipinski definition) is 3. The number of anilines is 1. The molecule has 1 amide bonds. The lowest BCUT2D eigenvalue weighted by atomic mass is 10.2. The first kappa shape index (κ1) is 13.0. The minimum absolute atomic E-state index is 0.128. The van der Waals surface area contributed by atoms with Crippen molar-refractivity contribution in [2.24, 2.45) is 5.92 Å². The summed E-state index contributed by atoms with van der Waals surface area (Å²) in [5.74, 6) is -0.314. The number of H-pyrrole nitrogens is 1. The fourth-order valence-corrected chi connectivity index (χ4v) is 2.01. The van der Waals surface area contributed by atoms with Gasteiger partial charge in [-0.1, -0.05) is 0 Å². The summed E-state index contributed by atoms with van der Waals surface area (Å²) in [7, 11) is 1.69. The summed E-state index contributed by atoms with van der Waals surface area (Å²) in [6, 6.07) is 9.35. The Bertz CT molecular complexity index is 653. The molecule has 0 aliphatic carbocycles. The van der Waals surface area contributed by atoms with Crippen LogP contribution in [0.4, 0.5) is 5.69 Å². The number of hydrogen-bond donors (Lipinski definition) is 2. The highest BCUT2D eigenvalue weighted by molar-refractivity contribution is 5.98. The number of nitrogens with zero attached hydrogens (tertiary/aromatic N) is 2. The van der Waals surface area contributed by atoms with Crippen molar-refractivity contribution < 1.29 is 4.79 Å². The van der Waals surface area contributed by atoms with Crippen LogP contribution in [0.3, 0.4) is 0 Å². The van der Waals surface area contributed by atoms with Gasteiger partial charge in [0.25, 0.3) is 5.91 Å². The normalized spacial score (nSPS) is 12.1. The van der Waals surface area contributed by atoms with Crippen LogP contribution in [-0.2, 0) is 0 Å². The van der Waals surface area contributed by atoms with E-state index in [0.29, 0.717) is 17.9 Å². The number of carbonyl (C=O) groups excluding carboxylic acids is 1. The molecule has 0 fully saturated rings. The van der Waals surface area contributed by atoms with Crippen LogP contribution >= 0.6 is 0 Å². The number of aromatic nitrogens is 1. The smallest absolute Gasteiger partial charge is 0.270 e. The number of nitrogen functional groups attached to an aromatic ring is 1. The molecule has 98 valence electrons. The van der Waals surface area contributed by atoms with Gasteiger partial charge >= 0.3 is 0 Å². The minimum atomic E-state index is -0.186. The highest BCUT2D eigenvalue weighted by atomic mass is 16.2. The Labute approximate surface area is 111 Å². The Morgan fingerprint density at radius 2 is 2.26 bits per heavy atom. The predicted octanol–water partition coefficient (Wildman–Crippen LogP) is 1.98. The third-order valence-corrected chi connectivity index (χ3v) is 2.99. The van der Waals surface area contributed by atoms with E-state index < -0.39 is 0 Å². The van der Waals surface area contributed by atoms with Crippen LogP contribution in [0.15, 0.2) is 24.3 Å². The van der Waals surface area contributed by atoms with Crippen LogP contribution in [0.2, 0.25) is 0 Å². The maximum atomic E-state index is 12.2. The van der Waals surface area contributed by atoms with Crippen LogP contribution in [0.1, 0.15) is 17.4 Å². The molecule has 5 heteroatoms. The quantitative estimate of drug-likeness (QED) is 0.823. The van der Waals surface area contributed by atoms with Crippen LogP contribution in [0.25, 0.3) is 10.9 Å². The lowest BCUT2D eigenvalue weighted by molar-refractivity contribution is 0.0780. The van der Waals surface area contributed by atoms with E-state index >= 15 is 0 Å². The summed E-state index contributed by atoms with van der Waals surface area (Å²) in [5.41, 5.74) is 7.75. The Hall–Kier alpha value is -2.48. The number of fused-ring (bicyclic) bond motifs is 1. The van der Waals surface area contributed by atoms with Gasteiger partial charge in [-0.3, -0.25) is 4.79 Å². The molecule has 0 bridgehead atoms. The molecule has 1 atom stereocenters. The fraction of sp³-hybridized carbons (Fsp3) is 0.286. The predicted molar refractivity (Wildman–Crippen MR) is 74.4 cm³/mol. The number of nitrogens with two attached hydrogens (primary N) is 1.